The molecule has 0 heterocycles. The lowest BCUT2D eigenvalue weighted by Crippen LogP contribution is -2.22. The highest BCUT2D eigenvalue weighted by molar-refractivity contribution is 5.91. The standard InChI is InChI=1S/C13H18F2N2O/c1-3-9(7-16)6-11(18)17-13-10(14)5-4-8(2)12(13)15/h4-5,9H,3,6-7,16H2,1-2H3,(H,17,18). The fraction of sp³-hybridized carbons (Fsp3) is 0.462. The first kappa shape index (κ1) is 14.6. The van der Waals surface area contributed by atoms with E-state index in [2.05, 4.69) is 5.32 Å². The first-order valence-corrected chi connectivity index (χ1v) is 5.94. The first-order valence-electron chi connectivity index (χ1n) is 5.94. The number of rotatable bonds is 5. The van der Waals surface area contributed by atoms with Crippen LogP contribution < -0.4 is 11.1 Å². The molecule has 1 amide bonds. The van der Waals surface area contributed by atoms with Crippen molar-refractivity contribution in [2.75, 3.05) is 11.9 Å². The third-order valence-corrected chi connectivity index (χ3v) is 2.93. The Kier molecular flexibility index (Phi) is 5.22. The number of aryl methyl sites for hydroxylation is 1. The van der Waals surface area contributed by atoms with E-state index in [0.717, 1.165) is 12.5 Å². The molecule has 1 atom stereocenters. The van der Waals surface area contributed by atoms with Crippen LogP contribution in [-0.4, -0.2) is 12.5 Å². The number of nitrogens with two attached hydrogens (primary N) is 1. The molecule has 3 nitrogen and oxygen atoms in total. The van der Waals surface area contributed by atoms with Crippen molar-refractivity contribution in [1.29, 1.82) is 0 Å². The van der Waals surface area contributed by atoms with E-state index in [1.54, 1.807) is 0 Å². The van der Waals surface area contributed by atoms with Gasteiger partial charge < -0.3 is 11.1 Å². The zero-order valence-electron chi connectivity index (χ0n) is 10.6. The summed E-state index contributed by atoms with van der Waals surface area (Å²) < 4.78 is 27.1. The van der Waals surface area contributed by atoms with Crippen LogP contribution in [0.3, 0.4) is 0 Å². The summed E-state index contributed by atoms with van der Waals surface area (Å²) in [6.07, 6.45) is 0.919. The number of nitrogens with one attached hydrogen (secondary N) is 1. The highest BCUT2D eigenvalue weighted by atomic mass is 19.1. The minimum absolute atomic E-state index is 0.0286. The van der Waals surface area contributed by atoms with Crippen LogP contribution in [0.5, 0.6) is 0 Å². The largest absolute Gasteiger partial charge is 0.330 e. The summed E-state index contributed by atoms with van der Waals surface area (Å²) in [4.78, 5) is 11.7. The van der Waals surface area contributed by atoms with E-state index in [-0.39, 0.29) is 23.6 Å². The Balaban J connectivity index is 2.79. The molecule has 1 unspecified atom stereocenters. The van der Waals surface area contributed by atoms with Gasteiger partial charge in [-0.15, -0.1) is 0 Å². The molecule has 0 fully saturated rings. The molecular formula is C13H18F2N2O. The third-order valence-electron chi connectivity index (χ3n) is 2.93. The van der Waals surface area contributed by atoms with Crippen LogP contribution in [-0.2, 0) is 4.79 Å². The van der Waals surface area contributed by atoms with E-state index in [1.165, 1.54) is 13.0 Å². The predicted octanol–water partition coefficient (Wildman–Crippen LogP) is 2.59. The number of benzene rings is 1. The van der Waals surface area contributed by atoms with Crippen LogP contribution in [0.15, 0.2) is 12.1 Å². The number of halogens is 2. The Morgan fingerprint density at radius 1 is 1.44 bits per heavy atom. The van der Waals surface area contributed by atoms with Gasteiger partial charge in [-0.25, -0.2) is 8.78 Å². The van der Waals surface area contributed by atoms with E-state index in [9.17, 15) is 13.6 Å². The summed E-state index contributed by atoms with van der Waals surface area (Å²) in [5.41, 5.74) is 5.39. The highest BCUT2D eigenvalue weighted by Crippen LogP contribution is 2.22. The molecule has 18 heavy (non-hydrogen) atoms. The Morgan fingerprint density at radius 2 is 2.11 bits per heavy atom. The Bertz CT molecular complexity index is 431. The van der Waals surface area contributed by atoms with Gasteiger partial charge in [-0.05, 0) is 31.0 Å². The molecule has 1 aromatic rings. The van der Waals surface area contributed by atoms with Crippen molar-refractivity contribution in [3.63, 3.8) is 0 Å². The summed E-state index contributed by atoms with van der Waals surface area (Å²) in [6.45, 7) is 3.81. The van der Waals surface area contributed by atoms with Crippen LogP contribution in [0.4, 0.5) is 14.5 Å². The lowest BCUT2D eigenvalue weighted by Gasteiger charge is -2.13. The van der Waals surface area contributed by atoms with Crippen molar-refractivity contribution < 1.29 is 13.6 Å². The molecule has 0 bridgehead atoms. The van der Waals surface area contributed by atoms with E-state index in [0.29, 0.717) is 6.54 Å². The van der Waals surface area contributed by atoms with Gasteiger partial charge in [-0.1, -0.05) is 19.4 Å². The van der Waals surface area contributed by atoms with Gasteiger partial charge in [-0.2, -0.15) is 0 Å². The number of anilines is 1. The van der Waals surface area contributed by atoms with Crippen molar-refractivity contribution in [3.8, 4) is 0 Å². The van der Waals surface area contributed by atoms with Crippen LogP contribution in [0.25, 0.3) is 0 Å². The van der Waals surface area contributed by atoms with E-state index < -0.39 is 17.5 Å². The molecule has 0 aliphatic rings. The molecule has 0 aliphatic heterocycles. The van der Waals surface area contributed by atoms with Crippen LogP contribution >= 0.6 is 0 Å². The van der Waals surface area contributed by atoms with Gasteiger partial charge in [0.05, 0.1) is 0 Å². The maximum absolute atomic E-state index is 13.6. The maximum Gasteiger partial charge on any atom is 0.224 e. The van der Waals surface area contributed by atoms with Gasteiger partial charge in [0.15, 0.2) is 5.82 Å². The zero-order valence-corrected chi connectivity index (χ0v) is 10.6. The van der Waals surface area contributed by atoms with E-state index in [4.69, 9.17) is 5.73 Å². The second-order valence-corrected chi connectivity index (χ2v) is 4.32. The predicted molar refractivity (Wildman–Crippen MR) is 67.2 cm³/mol. The summed E-state index contributed by atoms with van der Waals surface area (Å²) in [5, 5.41) is 2.27. The molecule has 0 saturated heterocycles. The van der Waals surface area contributed by atoms with Crippen LogP contribution in [0.2, 0.25) is 0 Å². The first-order chi connectivity index (χ1) is 8.49. The lowest BCUT2D eigenvalue weighted by molar-refractivity contribution is -0.117. The number of carbonyl (C=O) groups is 1. The van der Waals surface area contributed by atoms with E-state index in [1.807, 2.05) is 6.92 Å². The number of amides is 1. The molecule has 1 aromatic carbocycles. The summed E-state index contributed by atoms with van der Waals surface area (Å²) in [7, 11) is 0. The SMILES string of the molecule is CCC(CN)CC(=O)Nc1c(F)ccc(C)c1F. The van der Waals surface area contributed by atoms with Gasteiger partial charge in [0.2, 0.25) is 5.91 Å². The molecule has 0 radical (unpaired) electrons. The minimum atomic E-state index is -0.771. The maximum atomic E-state index is 13.6. The number of hydrogen-bond acceptors (Lipinski definition) is 2. The molecule has 0 aliphatic carbocycles. The van der Waals surface area contributed by atoms with Gasteiger partial charge >= 0.3 is 0 Å². The topological polar surface area (TPSA) is 55.1 Å². The summed E-state index contributed by atoms with van der Waals surface area (Å²) >= 11 is 0. The van der Waals surface area contributed by atoms with Gasteiger partial charge in [-0.3, -0.25) is 4.79 Å². The van der Waals surface area contributed by atoms with Gasteiger partial charge in [0, 0.05) is 6.42 Å². The zero-order chi connectivity index (χ0) is 13.7. The quantitative estimate of drug-likeness (QED) is 0.850. The van der Waals surface area contributed by atoms with Crippen molar-refractivity contribution in [2.24, 2.45) is 11.7 Å². The monoisotopic (exact) mass is 256 g/mol. The van der Waals surface area contributed by atoms with E-state index >= 15 is 0 Å². The second-order valence-electron chi connectivity index (χ2n) is 4.32. The number of carbonyl (C=O) groups excluding carboxylic acids is 1. The normalized spacial score (nSPS) is 12.3. The third kappa shape index (κ3) is 3.50. The molecule has 5 heteroatoms. The Morgan fingerprint density at radius 3 is 2.67 bits per heavy atom. The van der Waals surface area contributed by atoms with Crippen LogP contribution in [0, 0.1) is 24.5 Å². The highest BCUT2D eigenvalue weighted by Gasteiger charge is 2.16. The summed E-state index contributed by atoms with van der Waals surface area (Å²) in [6, 6.07) is 2.46. The second kappa shape index (κ2) is 6.44. The van der Waals surface area contributed by atoms with Crippen LogP contribution in [0.1, 0.15) is 25.3 Å². The average molecular weight is 256 g/mol. The van der Waals surface area contributed by atoms with Crippen molar-refractivity contribution in [3.05, 3.63) is 29.3 Å². The van der Waals surface area contributed by atoms with Gasteiger partial charge in [0.1, 0.15) is 11.5 Å². The fourth-order valence-corrected chi connectivity index (χ4v) is 1.62. The minimum Gasteiger partial charge on any atom is -0.330 e. The van der Waals surface area contributed by atoms with Gasteiger partial charge in [0.25, 0.3) is 0 Å². The smallest absolute Gasteiger partial charge is 0.224 e. The molecule has 0 saturated carbocycles. The average Bonchev–Trinajstić information content (AvgIpc) is 2.36. The van der Waals surface area contributed by atoms with Crippen molar-refractivity contribution in [2.45, 2.75) is 26.7 Å². The molecule has 0 spiro atoms. The molecule has 100 valence electrons. The number of hydrogen-bond donors (Lipinski definition) is 2. The van der Waals surface area contributed by atoms with Crippen molar-refractivity contribution >= 4 is 11.6 Å². The molecule has 3 N–H and O–H groups in total. The fourth-order valence-electron chi connectivity index (χ4n) is 1.62. The Labute approximate surface area is 105 Å². The lowest BCUT2D eigenvalue weighted by atomic mass is 10.0. The molecule has 0 aromatic heterocycles. The molecular weight excluding hydrogens is 238 g/mol. The van der Waals surface area contributed by atoms with Crippen molar-refractivity contribution in [1.82, 2.24) is 0 Å². The Hall–Kier alpha value is -1.49. The summed E-state index contributed by atoms with van der Waals surface area (Å²) in [5.74, 6) is -1.90. The molecule has 1 rings (SSSR count).